The number of hydrogen-bond acceptors (Lipinski definition) is 3. The van der Waals surface area contributed by atoms with Gasteiger partial charge in [-0.05, 0) is 30.4 Å². The molecule has 0 aliphatic heterocycles. The number of rotatable bonds is 5. The SMILES string of the molecule is COCCNC1(CN)CCc2ccccc2C1. The number of nitrogens with two attached hydrogens (primary N) is 1. The minimum Gasteiger partial charge on any atom is -0.383 e. The second kappa shape index (κ2) is 5.63. The average molecular weight is 234 g/mol. The van der Waals surface area contributed by atoms with E-state index >= 15 is 0 Å². The molecule has 94 valence electrons. The summed E-state index contributed by atoms with van der Waals surface area (Å²) in [5, 5.41) is 3.58. The van der Waals surface area contributed by atoms with Crippen molar-refractivity contribution in [3.8, 4) is 0 Å². The first-order valence-corrected chi connectivity index (χ1v) is 6.30. The van der Waals surface area contributed by atoms with Gasteiger partial charge in [0, 0.05) is 25.7 Å². The van der Waals surface area contributed by atoms with E-state index in [0.29, 0.717) is 6.54 Å². The fourth-order valence-electron chi connectivity index (χ4n) is 2.62. The maximum Gasteiger partial charge on any atom is 0.0587 e. The van der Waals surface area contributed by atoms with E-state index in [0.717, 1.165) is 32.4 Å². The van der Waals surface area contributed by atoms with Crippen molar-refractivity contribution < 1.29 is 4.74 Å². The van der Waals surface area contributed by atoms with Gasteiger partial charge in [0.15, 0.2) is 0 Å². The molecule has 0 spiro atoms. The lowest BCUT2D eigenvalue weighted by atomic mass is 9.78. The minimum absolute atomic E-state index is 0.0624. The van der Waals surface area contributed by atoms with Crippen LogP contribution in [0.2, 0.25) is 0 Å². The summed E-state index contributed by atoms with van der Waals surface area (Å²) in [4.78, 5) is 0. The lowest BCUT2D eigenvalue weighted by Gasteiger charge is -2.38. The number of hydrogen-bond donors (Lipinski definition) is 2. The normalized spacial score (nSPS) is 23.4. The van der Waals surface area contributed by atoms with Crippen LogP contribution in [0.3, 0.4) is 0 Å². The summed E-state index contributed by atoms with van der Waals surface area (Å²) in [7, 11) is 1.73. The summed E-state index contributed by atoms with van der Waals surface area (Å²) in [6.07, 6.45) is 3.26. The van der Waals surface area contributed by atoms with Gasteiger partial charge in [-0.3, -0.25) is 0 Å². The lowest BCUT2D eigenvalue weighted by molar-refractivity contribution is 0.179. The number of aryl methyl sites for hydroxylation is 1. The lowest BCUT2D eigenvalue weighted by Crippen LogP contribution is -2.55. The number of ether oxygens (including phenoxy) is 1. The van der Waals surface area contributed by atoms with E-state index in [4.69, 9.17) is 10.5 Å². The molecule has 1 atom stereocenters. The van der Waals surface area contributed by atoms with Crippen LogP contribution >= 0.6 is 0 Å². The van der Waals surface area contributed by atoms with Gasteiger partial charge in [-0.1, -0.05) is 24.3 Å². The molecule has 17 heavy (non-hydrogen) atoms. The van der Waals surface area contributed by atoms with Gasteiger partial charge in [-0.25, -0.2) is 0 Å². The highest BCUT2D eigenvalue weighted by Crippen LogP contribution is 2.27. The van der Waals surface area contributed by atoms with E-state index in [1.165, 1.54) is 11.1 Å². The van der Waals surface area contributed by atoms with Crippen molar-refractivity contribution in [1.29, 1.82) is 0 Å². The Hall–Kier alpha value is -0.900. The molecule has 0 amide bonds. The van der Waals surface area contributed by atoms with Gasteiger partial charge in [-0.15, -0.1) is 0 Å². The highest BCUT2D eigenvalue weighted by atomic mass is 16.5. The van der Waals surface area contributed by atoms with E-state index in [-0.39, 0.29) is 5.54 Å². The molecular weight excluding hydrogens is 212 g/mol. The molecule has 1 aromatic rings. The maximum absolute atomic E-state index is 5.97. The molecule has 0 saturated carbocycles. The largest absolute Gasteiger partial charge is 0.383 e. The highest BCUT2D eigenvalue weighted by molar-refractivity contribution is 5.32. The molecule has 0 heterocycles. The van der Waals surface area contributed by atoms with Crippen LogP contribution in [0.5, 0.6) is 0 Å². The van der Waals surface area contributed by atoms with Crippen molar-refractivity contribution in [1.82, 2.24) is 5.32 Å². The first-order chi connectivity index (χ1) is 8.29. The molecule has 2 rings (SSSR count). The second-order valence-corrected chi connectivity index (χ2v) is 4.85. The fraction of sp³-hybridized carbons (Fsp3) is 0.571. The fourth-order valence-corrected chi connectivity index (χ4v) is 2.62. The smallest absolute Gasteiger partial charge is 0.0587 e. The summed E-state index contributed by atoms with van der Waals surface area (Å²) in [6, 6.07) is 8.68. The zero-order valence-corrected chi connectivity index (χ0v) is 10.5. The Morgan fingerprint density at radius 2 is 2.12 bits per heavy atom. The molecule has 1 aromatic carbocycles. The van der Waals surface area contributed by atoms with Gasteiger partial charge in [-0.2, -0.15) is 0 Å². The van der Waals surface area contributed by atoms with Crippen LogP contribution in [-0.4, -0.2) is 32.3 Å². The zero-order valence-electron chi connectivity index (χ0n) is 10.5. The van der Waals surface area contributed by atoms with Crippen LogP contribution in [0.15, 0.2) is 24.3 Å². The summed E-state index contributed by atoms with van der Waals surface area (Å²) >= 11 is 0. The summed E-state index contributed by atoms with van der Waals surface area (Å²) in [5.74, 6) is 0. The monoisotopic (exact) mass is 234 g/mol. The third-order valence-electron chi connectivity index (χ3n) is 3.72. The number of methoxy groups -OCH3 is 1. The van der Waals surface area contributed by atoms with E-state index in [1.54, 1.807) is 7.11 Å². The van der Waals surface area contributed by atoms with Crippen LogP contribution in [0.25, 0.3) is 0 Å². The Kier molecular flexibility index (Phi) is 4.15. The van der Waals surface area contributed by atoms with Crippen molar-refractivity contribution in [2.45, 2.75) is 24.8 Å². The standard InChI is InChI=1S/C14H22N2O/c1-17-9-8-16-14(11-15)7-6-12-4-2-3-5-13(12)10-14/h2-5,16H,6-11,15H2,1H3. The van der Waals surface area contributed by atoms with E-state index in [9.17, 15) is 0 Å². The second-order valence-electron chi connectivity index (χ2n) is 4.85. The topological polar surface area (TPSA) is 47.3 Å². The number of benzene rings is 1. The number of nitrogens with one attached hydrogen (secondary N) is 1. The van der Waals surface area contributed by atoms with Crippen LogP contribution in [0.1, 0.15) is 17.5 Å². The van der Waals surface area contributed by atoms with Gasteiger partial charge in [0.2, 0.25) is 0 Å². The molecule has 0 aromatic heterocycles. The molecule has 0 saturated heterocycles. The average Bonchev–Trinajstić information content (AvgIpc) is 2.39. The Labute approximate surface area is 103 Å². The molecule has 1 aliphatic carbocycles. The Bertz CT molecular complexity index is 367. The third kappa shape index (κ3) is 2.86. The molecule has 0 radical (unpaired) electrons. The van der Waals surface area contributed by atoms with E-state index < -0.39 is 0 Å². The molecule has 0 fully saturated rings. The van der Waals surface area contributed by atoms with Gasteiger partial charge >= 0.3 is 0 Å². The summed E-state index contributed by atoms with van der Waals surface area (Å²) in [5.41, 5.74) is 8.95. The van der Waals surface area contributed by atoms with Crippen molar-refractivity contribution >= 4 is 0 Å². The van der Waals surface area contributed by atoms with Gasteiger partial charge < -0.3 is 15.8 Å². The van der Waals surface area contributed by atoms with Crippen LogP contribution in [0.4, 0.5) is 0 Å². The predicted octanol–water partition coefficient (Wildman–Crippen LogP) is 1.11. The van der Waals surface area contributed by atoms with Crippen molar-refractivity contribution in [2.24, 2.45) is 5.73 Å². The van der Waals surface area contributed by atoms with Gasteiger partial charge in [0.1, 0.15) is 0 Å². The van der Waals surface area contributed by atoms with Gasteiger partial charge in [0.25, 0.3) is 0 Å². The van der Waals surface area contributed by atoms with Crippen LogP contribution in [-0.2, 0) is 17.6 Å². The van der Waals surface area contributed by atoms with Gasteiger partial charge in [0.05, 0.1) is 6.61 Å². The molecular formula is C14H22N2O. The first-order valence-electron chi connectivity index (χ1n) is 6.30. The van der Waals surface area contributed by atoms with Crippen molar-refractivity contribution in [3.05, 3.63) is 35.4 Å². The first kappa shape index (κ1) is 12.6. The summed E-state index contributed by atoms with van der Waals surface area (Å²) in [6.45, 7) is 2.30. The molecule has 1 aliphatic rings. The molecule has 3 N–H and O–H groups in total. The van der Waals surface area contributed by atoms with Crippen LogP contribution < -0.4 is 11.1 Å². The third-order valence-corrected chi connectivity index (χ3v) is 3.72. The van der Waals surface area contributed by atoms with E-state index in [1.807, 2.05) is 0 Å². The molecule has 3 heteroatoms. The predicted molar refractivity (Wildman–Crippen MR) is 70.1 cm³/mol. The quantitative estimate of drug-likeness (QED) is 0.750. The van der Waals surface area contributed by atoms with Crippen molar-refractivity contribution in [3.63, 3.8) is 0 Å². The summed E-state index contributed by atoms with van der Waals surface area (Å²) < 4.78 is 5.09. The van der Waals surface area contributed by atoms with E-state index in [2.05, 4.69) is 29.6 Å². The highest BCUT2D eigenvalue weighted by Gasteiger charge is 2.32. The maximum atomic E-state index is 5.97. The van der Waals surface area contributed by atoms with Crippen molar-refractivity contribution in [2.75, 3.05) is 26.8 Å². The Morgan fingerprint density at radius 1 is 1.35 bits per heavy atom. The molecule has 0 bridgehead atoms. The van der Waals surface area contributed by atoms with Crippen LogP contribution in [0, 0.1) is 0 Å². The minimum atomic E-state index is 0.0624. The molecule has 1 unspecified atom stereocenters. The molecule has 3 nitrogen and oxygen atoms in total. The zero-order chi connectivity index (χ0) is 12.1. The Balaban J connectivity index is 2.06. The number of fused-ring (bicyclic) bond motifs is 1. The Morgan fingerprint density at radius 3 is 2.82 bits per heavy atom.